The lowest BCUT2D eigenvalue weighted by atomic mass is 10.1. The van der Waals surface area contributed by atoms with Crippen molar-refractivity contribution in [2.45, 2.75) is 38.1 Å². The molecular formula is C20H21BrN2O5S. The van der Waals surface area contributed by atoms with Crippen molar-refractivity contribution in [3.63, 3.8) is 0 Å². The highest BCUT2D eigenvalue weighted by molar-refractivity contribution is 9.10. The number of esters is 1. The number of rotatable bonds is 5. The summed E-state index contributed by atoms with van der Waals surface area (Å²) in [4.78, 5) is 25.4. The smallest absolute Gasteiger partial charge is 0.338 e. The zero-order valence-electron chi connectivity index (χ0n) is 16.2. The first-order valence-corrected chi connectivity index (χ1v) is 11.3. The van der Waals surface area contributed by atoms with Crippen LogP contribution in [0.5, 0.6) is 0 Å². The molecule has 1 aliphatic rings. The van der Waals surface area contributed by atoms with Crippen molar-refractivity contribution in [1.82, 2.24) is 0 Å². The van der Waals surface area contributed by atoms with Gasteiger partial charge in [-0.1, -0.05) is 15.9 Å². The van der Waals surface area contributed by atoms with Crippen LogP contribution in [0.15, 0.2) is 45.8 Å². The van der Waals surface area contributed by atoms with Crippen LogP contribution in [0.25, 0.3) is 0 Å². The molecule has 2 aromatic rings. The summed E-state index contributed by atoms with van der Waals surface area (Å²) >= 11 is 3.36. The molecule has 0 spiro atoms. The molecule has 29 heavy (non-hydrogen) atoms. The van der Waals surface area contributed by atoms with Gasteiger partial charge in [0, 0.05) is 23.1 Å². The quantitative estimate of drug-likeness (QED) is 0.658. The van der Waals surface area contributed by atoms with Gasteiger partial charge in [-0.2, -0.15) is 0 Å². The van der Waals surface area contributed by atoms with Gasteiger partial charge < -0.3 is 9.64 Å². The number of ether oxygens (including phenoxy) is 1. The van der Waals surface area contributed by atoms with Crippen molar-refractivity contribution in [1.29, 1.82) is 0 Å². The molecule has 7 nitrogen and oxygen atoms in total. The number of carbonyl (C=O) groups is 2. The lowest BCUT2D eigenvalue weighted by Crippen LogP contribution is -2.34. The minimum absolute atomic E-state index is 0.0240. The van der Waals surface area contributed by atoms with E-state index in [1.54, 1.807) is 6.92 Å². The Hall–Kier alpha value is -2.39. The molecule has 9 heteroatoms. The SMILES string of the molecule is CCOC(=O)c1ccc(NS(=O)(=O)c2cc(Br)cc3c2N(C(C)=O)[C@H](C)C3)cc1. The van der Waals surface area contributed by atoms with Crippen LogP contribution in [0.3, 0.4) is 0 Å². The summed E-state index contributed by atoms with van der Waals surface area (Å²) in [5.41, 5.74) is 1.82. The van der Waals surface area contributed by atoms with Crippen LogP contribution in [0, 0.1) is 0 Å². The summed E-state index contributed by atoms with van der Waals surface area (Å²) < 4.78 is 34.4. The maximum Gasteiger partial charge on any atom is 0.338 e. The van der Waals surface area contributed by atoms with Crippen LogP contribution >= 0.6 is 15.9 Å². The Morgan fingerprint density at radius 2 is 1.90 bits per heavy atom. The number of carbonyl (C=O) groups excluding carboxylic acids is 2. The maximum atomic E-state index is 13.1. The Bertz CT molecular complexity index is 1070. The minimum atomic E-state index is -3.98. The molecule has 0 aliphatic carbocycles. The molecule has 1 amide bonds. The van der Waals surface area contributed by atoms with Crippen molar-refractivity contribution in [2.24, 2.45) is 0 Å². The number of hydrogen-bond acceptors (Lipinski definition) is 5. The van der Waals surface area contributed by atoms with E-state index in [0.717, 1.165) is 5.56 Å². The molecule has 1 N–H and O–H groups in total. The van der Waals surface area contributed by atoms with E-state index in [1.165, 1.54) is 42.2 Å². The summed E-state index contributed by atoms with van der Waals surface area (Å²) in [5, 5.41) is 0. The van der Waals surface area contributed by atoms with Gasteiger partial charge >= 0.3 is 5.97 Å². The Morgan fingerprint density at radius 3 is 2.48 bits per heavy atom. The predicted molar refractivity (Wildman–Crippen MR) is 114 cm³/mol. The number of benzene rings is 2. The van der Waals surface area contributed by atoms with Crippen LogP contribution in [0.4, 0.5) is 11.4 Å². The van der Waals surface area contributed by atoms with Gasteiger partial charge in [0.15, 0.2) is 0 Å². The van der Waals surface area contributed by atoms with E-state index < -0.39 is 16.0 Å². The molecular weight excluding hydrogens is 460 g/mol. The number of fused-ring (bicyclic) bond motifs is 1. The van der Waals surface area contributed by atoms with E-state index >= 15 is 0 Å². The molecule has 3 rings (SSSR count). The first kappa shape index (κ1) is 21.3. The Morgan fingerprint density at radius 1 is 1.24 bits per heavy atom. The second-order valence-corrected chi connectivity index (χ2v) is 9.32. The van der Waals surface area contributed by atoms with Gasteiger partial charge in [0.05, 0.1) is 17.9 Å². The molecule has 0 unspecified atom stereocenters. The van der Waals surface area contributed by atoms with Gasteiger partial charge in [-0.15, -0.1) is 0 Å². The first-order valence-electron chi connectivity index (χ1n) is 9.06. The van der Waals surface area contributed by atoms with Crippen LogP contribution in [-0.4, -0.2) is 32.9 Å². The zero-order valence-corrected chi connectivity index (χ0v) is 18.6. The van der Waals surface area contributed by atoms with Gasteiger partial charge in [-0.05, 0) is 62.2 Å². The number of amides is 1. The standard InChI is InChI=1S/C20H21BrN2O5S/c1-4-28-20(25)14-5-7-17(8-6-14)22-29(26,27)18-11-16(21)10-15-9-12(2)23(13(3)24)19(15)18/h5-8,10-12,22H,4,9H2,1-3H3/t12-/m1/s1. The molecule has 0 aromatic heterocycles. The molecule has 0 radical (unpaired) electrons. The zero-order chi connectivity index (χ0) is 21.3. The highest BCUT2D eigenvalue weighted by Crippen LogP contribution is 2.40. The summed E-state index contributed by atoms with van der Waals surface area (Å²) in [5.74, 6) is -0.688. The lowest BCUT2D eigenvalue weighted by molar-refractivity contribution is -0.116. The van der Waals surface area contributed by atoms with Gasteiger partial charge in [0.25, 0.3) is 10.0 Å². The van der Waals surface area contributed by atoms with E-state index in [-0.39, 0.29) is 23.5 Å². The van der Waals surface area contributed by atoms with E-state index in [4.69, 9.17) is 4.74 Å². The number of hydrogen-bond donors (Lipinski definition) is 1. The number of anilines is 2. The fraction of sp³-hybridized carbons (Fsp3) is 0.300. The molecule has 1 aliphatic heterocycles. The first-order chi connectivity index (χ1) is 13.6. The average Bonchev–Trinajstić information content (AvgIpc) is 2.97. The van der Waals surface area contributed by atoms with Crippen molar-refractivity contribution in [3.8, 4) is 0 Å². The third-order valence-electron chi connectivity index (χ3n) is 4.59. The van der Waals surface area contributed by atoms with E-state index in [1.807, 2.05) is 13.0 Å². The largest absolute Gasteiger partial charge is 0.462 e. The van der Waals surface area contributed by atoms with Gasteiger partial charge in [-0.25, -0.2) is 13.2 Å². The highest BCUT2D eigenvalue weighted by Gasteiger charge is 2.35. The van der Waals surface area contributed by atoms with Crippen LogP contribution in [0.1, 0.15) is 36.7 Å². The number of nitrogens with zero attached hydrogens (tertiary/aromatic N) is 1. The second kappa shape index (κ2) is 8.16. The Balaban J connectivity index is 1.97. The van der Waals surface area contributed by atoms with Crippen molar-refractivity contribution in [3.05, 3.63) is 52.0 Å². The summed E-state index contributed by atoms with van der Waals surface area (Å²) in [6, 6.07) is 9.16. The summed E-state index contributed by atoms with van der Waals surface area (Å²) in [7, 11) is -3.98. The number of halogens is 1. The molecule has 1 heterocycles. The molecule has 0 saturated carbocycles. The minimum Gasteiger partial charge on any atom is -0.462 e. The van der Waals surface area contributed by atoms with E-state index in [0.29, 0.717) is 27.8 Å². The summed E-state index contributed by atoms with van der Waals surface area (Å²) in [6.07, 6.45) is 0.575. The average molecular weight is 481 g/mol. The normalized spacial score (nSPS) is 15.7. The van der Waals surface area contributed by atoms with Crippen LogP contribution < -0.4 is 9.62 Å². The fourth-order valence-electron chi connectivity index (χ4n) is 3.46. The van der Waals surface area contributed by atoms with Crippen molar-refractivity contribution >= 4 is 49.2 Å². The van der Waals surface area contributed by atoms with E-state index in [9.17, 15) is 18.0 Å². The fourth-order valence-corrected chi connectivity index (χ4v) is 5.44. The molecule has 154 valence electrons. The molecule has 0 saturated heterocycles. The van der Waals surface area contributed by atoms with Crippen molar-refractivity contribution in [2.75, 3.05) is 16.2 Å². The monoisotopic (exact) mass is 480 g/mol. The maximum absolute atomic E-state index is 13.1. The highest BCUT2D eigenvalue weighted by atomic mass is 79.9. The van der Waals surface area contributed by atoms with Gasteiger partial charge in [-0.3, -0.25) is 9.52 Å². The molecule has 0 fully saturated rings. The third-order valence-corrected chi connectivity index (χ3v) is 6.45. The predicted octanol–water partition coefficient (Wildman–Crippen LogP) is 3.72. The number of sulfonamides is 1. The number of nitrogens with one attached hydrogen (secondary N) is 1. The topological polar surface area (TPSA) is 92.8 Å². The summed E-state index contributed by atoms with van der Waals surface area (Å²) in [6.45, 7) is 5.27. The van der Waals surface area contributed by atoms with Gasteiger partial charge in [0.2, 0.25) is 5.91 Å². The molecule has 1 atom stereocenters. The van der Waals surface area contributed by atoms with Crippen LogP contribution in [-0.2, 0) is 26.0 Å². The van der Waals surface area contributed by atoms with E-state index in [2.05, 4.69) is 20.7 Å². The lowest BCUT2D eigenvalue weighted by Gasteiger charge is -2.23. The second-order valence-electron chi connectivity index (χ2n) is 6.76. The van der Waals surface area contributed by atoms with Crippen molar-refractivity contribution < 1.29 is 22.7 Å². The Labute approximate surface area is 178 Å². The molecule has 2 aromatic carbocycles. The molecule has 0 bridgehead atoms. The Kier molecular flexibility index (Phi) is 6.00. The van der Waals surface area contributed by atoms with Crippen LogP contribution in [0.2, 0.25) is 0 Å². The van der Waals surface area contributed by atoms with Gasteiger partial charge in [0.1, 0.15) is 4.90 Å². The third kappa shape index (κ3) is 4.30.